The summed E-state index contributed by atoms with van der Waals surface area (Å²) in [6.45, 7) is 5.00. The molecule has 256 valence electrons. The van der Waals surface area contributed by atoms with Gasteiger partial charge >= 0.3 is 0 Å². The van der Waals surface area contributed by atoms with Crippen LogP contribution >= 0.6 is 0 Å². The molecule has 3 aromatic rings. The molecule has 1 atom stereocenters. The molecule has 2 aliphatic heterocycles. The number of morpholine rings is 1. The zero-order valence-electron chi connectivity index (χ0n) is 27.9. The van der Waals surface area contributed by atoms with Crippen molar-refractivity contribution in [3.05, 3.63) is 53.6 Å². The lowest BCUT2D eigenvalue weighted by Gasteiger charge is -2.26. The summed E-state index contributed by atoms with van der Waals surface area (Å²) in [7, 11) is 5.05. The van der Waals surface area contributed by atoms with E-state index in [1.54, 1.807) is 76.9 Å². The number of hydrogen-bond donors (Lipinski definition) is 2. The van der Waals surface area contributed by atoms with Crippen LogP contribution in [0.2, 0.25) is 0 Å². The third-order valence-corrected chi connectivity index (χ3v) is 8.45. The smallest absolute Gasteiger partial charge is 0.272 e. The Bertz CT molecular complexity index is 1670. The van der Waals surface area contributed by atoms with Gasteiger partial charge < -0.3 is 43.8 Å². The molecule has 2 N–H and O–H groups in total. The summed E-state index contributed by atoms with van der Waals surface area (Å²) in [4.78, 5) is 58.1. The first-order chi connectivity index (χ1) is 23.2. The van der Waals surface area contributed by atoms with Crippen LogP contribution in [0, 0.1) is 6.92 Å². The standard InChI is InChI=1S/C34H43N7O7/c1-23-15-30(46-4)31(18-27(23)35-19-26-7-5-9-41(26)22-42)48-12-6-8-32(43)36-24-16-28(38(2)20-24)33(44)37-25-17-29(39(3)21-25)34(45)40-10-13-47-14-11-40/h15-22,26H,5-14H2,1-4H3,(H,36,43)(H,37,44). The molecule has 0 aliphatic carbocycles. The Hall–Kier alpha value is -5.11. The molecule has 4 heterocycles. The average Bonchev–Trinajstić information content (AvgIpc) is 3.80. The van der Waals surface area contributed by atoms with Gasteiger partial charge in [-0.3, -0.25) is 24.2 Å². The molecule has 2 aliphatic rings. The van der Waals surface area contributed by atoms with Crippen LogP contribution < -0.4 is 20.1 Å². The molecule has 0 spiro atoms. The Balaban J connectivity index is 1.11. The summed E-state index contributed by atoms with van der Waals surface area (Å²) in [6.07, 6.45) is 8.50. The molecule has 1 unspecified atom stereocenters. The largest absolute Gasteiger partial charge is 0.493 e. The van der Waals surface area contributed by atoms with Crippen molar-refractivity contribution in [2.75, 3.05) is 57.2 Å². The summed E-state index contributed by atoms with van der Waals surface area (Å²) >= 11 is 0. The fourth-order valence-electron chi connectivity index (χ4n) is 5.80. The first-order valence-electron chi connectivity index (χ1n) is 16.0. The molecule has 2 saturated heterocycles. The molecule has 5 rings (SSSR count). The second-order valence-corrected chi connectivity index (χ2v) is 11.9. The zero-order valence-corrected chi connectivity index (χ0v) is 27.9. The Kier molecular flexibility index (Phi) is 11.2. The average molecular weight is 662 g/mol. The topological polar surface area (TPSA) is 149 Å². The maximum absolute atomic E-state index is 13.1. The minimum absolute atomic E-state index is 0.0169. The SMILES string of the molecule is COc1cc(C)c(N=CC2CCCN2C=O)cc1OCCCC(=O)Nc1cc(C(=O)Nc2cc(C(=O)N3CCOCC3)n(C)c2)n(C)c1. The lowest BCUT2D eigenvalue weighted by atomic mass is 10.1. The summed E-state index contributed by atoms with van der Waals surface area (Å²) in [6, 6.07) is 6.90. The number of ether oxygens (including phenoxy) is 3. The maximum atomic E-state index is 13.1. The van der Waals surface area contributed by atoms with E-state index in [1.165, 1.54) is 0 Å². The van der Waals surface area contributed by atoms with Gasteiger partial charge in [0.05, 0.1) is 50.0 Å². The zero-order chi connectivity index (χ0) is 34.2. The van der Waals surface area contributed by atoms with Gasteiger partial charge in [0, 0.05) is 64.8 Å². The van der Waals surface area contributed by atoms with E-state index in [0.29, 0.717) is 67.0 Å². The third kappa shape index (κ3) is 8.23. The van der Waals surface area contributed by atoms with Gasteiger partial charge in [0.25, 0.3) is 11.8 Å². The normalized spacial score (nSPS) is 16.3. The number of benzene rings is 1. The molecule has 4 amide bonds. The van der Waals surface area contributed by atoms with Crippen molar-refractivity contribution in [3.8, 4) is 11.5 Å². The van der Waals surface area contributed by atoms with E-state index >= 15 is 0 Å². The first kappa shape index (κ1) is 34.2. The van der Waals surface area contributed by atoms with Crippen LogP contribution in [0.3, 0.4) is 0 Å². The number of likely N-dealkylation sites (tertiary alicyclic amines) is 1. The fraction of sp³-hybridized carbons (Fsp3) is 0.441. The van der Waals surface area contributed by atoms with Crippen LogP contribution in [0.25, 0.3) is 0 Å². The molecule has 14 heteroatoms. The number of carbonyl (C=O) groups is 4. The summed E-state index contributed by atoms with van der Waals surface area (Å²) in [5, 5.41) is 5.69. The molecule has 2 fully saturated rings. The van der Waals surface area contributed by atoms with Crippen molar-refractivity contribution in [2.24, 2.45) is 19.1 Å². The summed E-state index contributed by atoms with van der Waals surface area (Å²) in [5.41, 5.74) is 3.43. The monoisotopic (exact) mass is 661 g/mol. The van der Waals surface area contributed by atoms with Crippen LogP contribution in [-0.4, -0.2) is 102 Å². The van der Waals surface area contributed by atoms with Crippen LogP contribution in [0.5, 0.6) is 11.5 Å². The van der Waals surface area contributed by atoms with E-state index in [1.807, 2.05) is 13.0 Å². The van der Waals surface area contributed by atoms with Crippen molar-refractivity contribution in [1.29, 1.82) is 0 Å². The predicted octanol–water partition coefficient (Wildman–Crippen LogP) is 3.53. The van der Waals surface area contributed by atoms with E-state index in [-0.39, 0.29) is 36.8 Å². The highest BCUT2D eigenvalue weighted by Crippen LogP contribution is 2.35. The van der Waals surface area contributed by atoms with Gasteiger partial charge in [-0.05, 0) is 49.9 Å². The number of amides is 4. The minimum atomic E-state index is -0.373. The Labute approximate surface area is 279 Å². The van der Waals surface area contributed by atoms with Gasteiger partial charge in [-0.25, -0.2) is 0 Å². The van der Waals surface area contributed by atoms with Crippen LogP contribution in [0.1, 0.15) is 52.2 Å². The molecule has 0 saturated carbocycles. The van der Waals surface area contributed by atoms with E-state index in [2.05, 4.69) is 15.6 Å². The maximum Gasteiger partial charge on any atom is 0.272 e. The number of aliphatic imine (C=N–C) groups is 1. The molecule has 14 nitrogen and oxygen atoms in total. The number of nitrogens with zero attached hydrogens (tertiary/aromatic N) is 5. The lowest BCUT2D eigenvalue weighted by molar-refractivity contribution is -0.118. The number of carbonyl (C=O) groups excluding carboxylic acids is 4. The van der Waals surface area contributed by atoms with Gasteiger partial charge in [-0.15, -0.1) is 0 Å². The van der Waals surface area contributed by atoms with E-state index in [9.17, 15) is 19.2 Å². The van der Waals surface area contributed by atoms with Crippen LogP contribution in [0.15, 0.2) is 41.7 Å². The molecular formula is C34H43N7O7. The second-order valence-electron chi connectivity index (χ2n) is 11.9. The van der Waals surface area contributed by atoms with Gasteiger partial charge in [0.15, 0.2) is 11.5 Å². The number of methoxy groups -OCH3 is 1. The second kappa shape index (κ2) is 15.7. The fourth-order valence-corrected chi connectivity index (χ4v) is 5.80. The molecule has 48 heavy (non-hydrogen) atoms. The quantitative estimate of drug-likeness (QED) is 0.162. The number of hydrogen-bond acceptors (Lipinski definition) is 8. The molecule has 0 radical (unpaired) electrons. The Morgan fingerprint density at radius 2 is 1.69 bits per heavy atom. The van der Waals surface area contributed by atoms with Crippen molar-refractivity contribution in [2.45, 2.75) is 38.6 Å². The minimum Gasteiger partial charge on any atom is -0.493 e. The van der Waals surface area contributed by atoms with E-state index in [0.717, 1.165) is 37.0 Å². The van der Waals surface area contributed by atoms with Gasteiger partial charge in [-0.2, -0.15) is 0 Å². The van der Waals surface area contributed by atoms with E-state index in [4.69, 9.17) is 14.2 Å². The molecule has 2 aromatic heterocycles. The highest BCUT2D eigenvalue weighted by Gasteiger charge is 2.23. The van der Waals surface area contributed by atoms with Gasteiger partial charge in [-0.1, -0.05) is 0 Å². The number of anilines is 2. The third-order valence-electron chi connectivity index (χ3n) is 8.45. The number of aromatic nitrogens is 2. The van der Waals surface area contributed by atoms with Crippen molar-refractivity contribution in [1.82, 2.24) is 18.9 Å². The number of nitrogens with one attached hydrogen (secondary N) is 2. The summed E-state index contributed by atoms with van der Waals surface area (Å²) < 4.78 is 20.1. The predicted molar refractivity (Wildman–Crippen MR) is 181 cm³/mol. The first-order valence-corrected chi connectivity index (χ1v) is 16.0. The molecule has 1 aromatic carbocycles. The summed E-state index contributed by atoms with van der Waals surface area (Å²) in [5.74, 6) is 0.376. The van der Waals surface area contributed by atoms with Crippen molar-refractivity contribution < 1.29 is 33.4 Å². The lowest BCUT2D eigenvalue weighted by Crippen LogP contribution is -2.41. The molecular weight excluding hydrogens is 618 g/mol. The van der Waals surface area contributed by atoms with Crippen molar-refractivity contribution >= 4 is 47.4 Å². The highest BCUT2D eigenvalue weighted by atomic mass is 16.5. The van der Waals surface area contributed by atoms with Crippen molar-refractivity contribution in [3.63, 3.8) is 0 Å². The highest BCUT2D eigenvalue weighted by molar-refractivity contribution is 6.05. The van der Waals surface area contributed by atoms with Crippen LogP contribution in [-0.2, 0) is 28.4 Å². The number of aryl methyl sites for hydroxylation is 3. The van der Waals surface area contributed by atoms with Gasteiger partial charge in [0.2, 0.25) is 12.3 Å². The van der Waals surface area contributed by atoms with Gasteiger partial charge in [0.1, 0.15) is 11.4 Å². The number of rotatable bonds is 13. The Morgan fingerprint density at radius 1 is 0.979 bits per heavy atom. The van der Waals surface area contributed by atoms with E-state index < -0.39 is 0 Å². The Morgan fingerprint density at radius 3 is 2.42 bits per heavy atom. The van der Waals surface area contributed by atoms with Crippen LogP contribution in [0.4, 0.5) is 17.1 Å². The molecule has 0 bridgehead atoms.